The van der Waals surface area contributed by atoms with Crippen molar-refractivity contribution >= 4 is 34.0 Å². The standard InChI is InChI=1S/C25H28N8O4/c1-30(2)9-10-31(3)20-13-22(37-5)19(12-21(20)33(35)36)28-25-27-15-17-11-18(16-7-6-8-26-14-16)24(34)32(4)23(17)29-25/h6-8,11-15H,9-10H2,1-5H3,(H,27,28,29). The molecule has 0 aliphatic heterocycles. The summed E-state index contributed by atoms with van der Waals surface area (Å²) in [6.45, 7) is 1.31. The van der Waals surface area contributed by atoms with Gasteiger partial charge in [-0.1, -0.05) is 6.07 Å². The molecule has 0 spiro atoms. The molecule has 12 nitrogen and oxygen atoms in total. The number of benzene rings is 1. The van der Waals surface area contributed by atoms with Crippen molar-refractivity contribution in [3.8, 4) is 16.9 Å². The minimum absolute atomic E-state index is 0.0844. The van der Waals surface area contributed by atoms with Gasteiger partial charge in [-0.15, -0.1) is 0 Å². The lowest BCUT2D eigenvalue weighted by molar-refractivity contribution is -0.384. The Morgan fingerprint density at radius 3 is 2.59 bits per heavy atom. The number of nitro groups is 1. The molecule has 0 bridgehead atoms. The van der Waals surface area contributed by atoms with E-state index in [1.807, 2.05) is 30.0 Å². The van der Waals surface area contributed by atoms with E-state index in [2.05, 4.69) is 20.3 Å². The summed E-state index contributed by atoms with van der Waals surface area (Å²) in [7, 11) is 8.79. The first kappa shape index (κ1) is 25.5. The number of hydrogen-bond acceptors (Lipinski definition) is 10. The van der Waals surface area contributed by atoms with Gasteiger partial charge < -0.3 is 19.9 Å². The van der Waals surface area contributed by atoms with E-state index in [0.717, 1.165) is 6.54 Å². The molecule has 4 aromatic rings. The summed E-state index contributed by atoms with van der Waals surface area (Å²) in [4.78, 5) is 41.3. The fourth-order valence-electron chi connectivity index (χ4n) is 3.90. The molecule has 12 heteroatoms. The number of nitrogens with zero attached hydrogens (tertiary/aromatic N) is 7. The molecule has 0 radical (unpaired) electrons. The summed E-state index contributed by atoms with van der Waals surface area (Å²) in [5.41, 5.74) is 2.03. The largest absolute Gasteiger partial charge is 0.494 e. The Kier molecular flexibility index (Phi) is 7.30. The minimum Gasteiger partial charge on any atom is -0.494 e. The Morgan fingerprint density at radius 1 is 1.16 bits per heavy atom. The second-order valence-electron chi connectivity index (χ2n) is 8.78. The highest BCUT2D eigenvalue weighted by Gasteiger charge is 2.22. The molecule has 0 unspecified atom stereocenters. The number of aromatic nitrogens is 4. The Morgan fingerprint density at radius 2 is 1.95 bits per heavy atom. The van der Waals surface area contributed by atoms with Crippen molar-refractivity contribution in [1.29, 1.82) is 0 Å². The maximum absolute atomic E-state index is 13.0. The van der Waals surface area contributed by atoms with Crippen LogP contribution in [0.5, 0.6) is 5.75 Å². The van der Waals surface area contributed by atoms with Gasteiger partial charge in [0.15, 0.2) is 0 Å². The van der Waals surface area contributed by atoms with Crippen LogP contribution in [0.15, 0.2) is 53.7 Å². The van der Waals surface area contributed by atoms with Gasteiger partial charge in [0, 0.05) is 74.4 Å². The monoisotopic (exact) mass is 504 g/mol. The second-order valence-corrected chi connectivity index (χ2v) is 8.78. The number of nitro benzene ring substituents is 1. The van der Waals surface area contributed by atoms with E-state index in [4.69, 9.17) is 4.74 Å². The van der Waals surface area contributed by atoms with Gasteiger partial charge >= 0.3 is 0 Å². The van der Waals surface area contributed by atoms with E-state index in [9.17, 15) is 14.9 Å². The summed E-state index contributed by atoms with van der Waals surface area (Å²) in [5, 5.41) is 15.6. The number of fused-ring (bicyclic) bond motifs is 1. The molecule has 4 rings (SSSR count). The molecule has 37 heavy (non-hydrogen) atoms. The van der Waals surface area contributed by atoms with Gasteiger partial charge in [0.05, 0.1) is 17.7 Å². The number of methoxy groups -OCH3 is 1. The first-order valence-corrected chi connectivity index (χ1v) is 11.5. The lowest BCUT2D eigenvalue weighted by Crippen LogP contribution is -2.29. The van der Waals surface area contributed by atoms with Crippen molar-refractivity contribution in [2.45, 2.75) is 0 Å². The highest BCUT2D eigenvalue weighted by molar-refractivity contribution is 5.82. The maximum atomic E-state index is 13.0. The number of rotatable bonds is 9. The molecule has 1 aromatic carbocycles. The summed E-state index contributed by atoms with van der Waals surface area (Å²) >= 11 is 0. The summed E-state index contributed by atoms with van der Waals surface area (Å²) < 4.78 is 6.96. The van der Waals surface area contributed by atoms with Crippen LogP contribution in [0.25, 0.3) is 22.2 Å². The number of pyridine rings is 2. The van der Waals surface area contributed by atoms with Crippen molar-refractivity contribution in [1.82, 2.24) is 24.4 Å². The minimum atomic E-state index is -0.433. The molecule has 192 valence electrons. The van der Waals surface area contributed by atoms with Crippen molar-refractivity contribution in [3.63, 3.8) is 0 Å². The summed E-state index contributed by atoms with van der Waals surface area (Å²) in [6.07, 6.45) is 4.86. The molecule has 0 atom stereocenters. The zero-order chi connectivity index (χ0) is 26.7. The Bertz CT molecular complexity index is 1500. The first-order valence-electron chi connectivity index (χ1n) is 11.5. The number of anilines is 3. The van der Waals surface area contributed by atoms with E-state index in [-0.39, 0.29) is 17.2 Å². The Labute approximate surface area is 213 Å². The van der Waals surface area contributed by atoms with Crippen LogP contribution in [-0.2, 0) is 7.05 Å². The van der Waals surface area contributed by atoms with Crippen LogP contribution >= 0.6 is 0 Å². The maximum Gasteiger partial charge on any atom is 0.294 e. The van der Waals surface area contributed by atoms with E-state index in [1.54, 1.807) is 50.9 Å². The van der Waals surface area contributed by atoms with Crippen LogP contribution < -0.4 is 20.5 Å². The second kappa shape index (κ2) is 10.6. The quantitative estimate of drug-likeness (QED) is 0.268. The molecule has 1 N–H and O–H groups in total. The molecule has 3 heterocycles. The summed E-state index contributed by atoms with van der Waals surface area (Å²) in [6, 6.07) is 8.32. The molecule has 3 aromatic heterocycles. The predicted molar refractivity (Wildman–Crippen MR) is 143 cm³/mol. The fraction of sp³-hybridized carbons (Fsp3) is 0.280. The van der Waals surface area contributed by atoms with Gasteiger partial charge in [-0.3, -0.25) is 24.5 Å². The Hall–Kier alpha value is -4.58. The average molecular weight is 505 g/mol. The number of likely N-dealkylation sites (N-methyl/N-ethyl adjacent to an activating group) is 2. The third kappa shape index (κ3) is 5.33. The highest BCUT2D eigenvalue weighted by Crippen LogP contribution is 2.39. The number of nitrogens with one attached hydrogen (secondary N) is 1. The van der Waals surface area contributed by atoms with Gasteiger partial charge in [0.1, 0.15) is 17.1 Å². The Balaban J connectivity index is 1.73. The van der Waals surface area contributed by atoms with Crippen molar-refractivity contribution in [2.24, 2.45) is 7.05 Å². The van der Waals surface area contributed by atoms with Gasteiger partial charge in [-0.25, -0.2) is 4.98 Å². The van der Waals surface area contributed by atoms with Crippen LogP contribution in [0.4, 0.5) is 23.0 Å². The molecule has 0 aliphatic carbocycles. The van der Waals surface area contributed by atoms with Crippen LogP contribution in [0.2, 0.25) is 0 Å². The molecule has 0 amide bonds. The molecular formula is C25H28N8O4. The smallest absolute Gasteiger partial charge is 0.294 e. The summed E-state index contributed by atoms with van der Waals surface area (Å²) in [5.74, 6) is 0.555. The third-order valence-electron chi connectivity index (χ3n) is 5.95. The van der Waals surface area contributed by atoms with E-state index < -0.39 is 4.92 Å². The lowest BCUT2D eigenvalue weighted by Gasteiger charge is -2.22. The normalized spacial score (nSPS) is 11.1. The van der Waals surface area contributed by atoms with Crippen LogP contribution in [0.1, 0.15) is 0 Å². The number of aryl methyl sites for hydroxylation is 1. The average Bonchev–Trinajstić information content (AvgIpc) is 2.89. The first-order chi connectivity index (χ1) is 17.7. The van der Waals surface area contributed by atoms with E-state index in [1.165, 1.54) is 17.7 Å². The molecular weight excluding hydrogens is 476 g/mol. The molecule has 0 fully saturated rings. The van der Waals surface area contributed by atoms with E-state index >= 15 is 0 Å². The van der Waals surface area contributed by atoms with Crippen molar-refractivity contribution in [2.75, 3.05) is 51.6 Å². The van der Waals surface area contributed by atoms with Gasteiger partial charge in [-0.2, -0.15) is 4.98 Å². The van der Waals surface area contributed by atoms with Gasteiger partial charge in [0.2, 0.25) is 5.95 Å². The fourth-order valence-corrected chi connectivity index (χ4v) is 3.90. The van der Waals surface area contributed by atoms with Crippen molar-refractivity contribution in [3.05, 3.63) is 69.4 Å². The topological polar surface area (TPSA) is 132 Å². The number of ether oxygens (including phenoxy) is 1. The lowest BCUT2D eigenvalue weighted by atomic mass is 10.1. The van der Waals surface area contributed by atoms with Gasteiger partial charge in [-0.05, 0) is 26.2 Å². The van der Waals surface area contributed by atoms with E-state index in [0.29, 0.717) is 45.8 Å². The molecule has 0 saturated heterocycles. The number of hydrogen-bond donors (Lipinski definition) is 1. The van der Waals surface area contributed by atoms with Crippen molar-refractivity contribution < 1.29 is 9.66 Å². The predicted octanol–water partition coefficient (Wildman–Crippen LogP) is 3.05. The van der Waals surface area contributed by atoms with Gasteiger partial charge in [0.25, 0.3) is 11.2 Å². The molecule has 0 saturated carbocycles. The zero-order valence-electron chi connectivity index (χ0n) is 21.3. The third-order valence-corrected chi connectivity index (χ3v) is 5.95. The van der Waals surface area contributed by atoms with Crippen LogP contribution in [0, 0.1) is 10.1 Å². The molecule has 0 aliphatic rings. The highest BCUT2D eigenvalue weighted by atomic mass is 16.6. The van der Waals surface area contributed by atoms with Crippen LogP contribution in [-0.4, -0.2) is 70.7 Å². The SMILES string of the molecule is COc1cc(N(C)CCN(C)C)c([N+](=O)[O-])cc1Nc1ncc2cc(-c3cccnc3)c(=O)n(C)c2n1. The van der Waals surface area contributed by atoms with Crippen LogP contribution in [0.3, 0.4) is 0 Å². The zero-order valence-corrected chi connectivity index (χ0v) is 21.3.